The Kier molecular flexibility index (Phi) is 6.78. The van der Waals surface area contributed by atoms with Crippen molar-refractivity contribution in [1.82, 2.24) is 14.1 Å². The van der Waals surface area contributed by atoms with E-state index in [2.05, 4.69) is 9.72 Å². The van der Waals surface area contributed by atoms with Crippen LogP contribution in [0.15, 0.2) is 58.3 Å². The van der Waals surface area contributed by atoms with Crippen LogP contribution in [0.3, 0.4) is 0 Å². The Labute approximate surface area is 197 Å². The van der Waals surface area contributed by atoms with Gasteiger partial charge in [-0.2, -0.15) is 13.8 Å². The molecule has 0 saturated carbocycles. The van der Waals surface area contributed by atoms with Crippen molar-refractivity contribution in [2.24, 2.45) is 5.92 Å². The molecule has 0 aliphatic carbocycles. The van der Waals surface area contributed by atoms with Crippen molar-refractivity contribution in [2.45, 2.75) is 33.9 Å². The van der Waals surface area contributed by atoms with Gasteiger partial charge >= 0.3 is 6.61 Å². The number of fused-ring (bicyclic) bond motifs is 1. The van der Waals surface area contributed by atoms with E-state index in [1.807, 2.05) is 20.8 Å². The molecule has 7 nitrogen and oxygen atoms in total. The first-order chi connectivity index (χ1) is 16.3. The van der Waals surface area contributed by atoms with Gasteiger partial charge in [-0.1, -0.05) is 37.3 Å². The Balaban J connectivity index is 2.01. The van der Waals surface area contributed by atoms with Gasteiger partial charge in [-0.05, 0) is 37.1 Å². The molecular weight excluding hydrogens is 464 g/mol. The summed E-state index contributed by atoms with van der Waals surface area (Å²) in [6.45, 7) is 3.60. The molecule has 0 bridgehead atoms. The molecule has 10 heteroatoms. The first-order valence-electron chi connectivity index (χ1n) is 10.7. The van der Waals surface area contributed by atoms with Gasteiger partial charge in [-0.3, -0.25) is 14.2 Å². The van der Waals surface area contributed by atoms with Gasteiger partial charge in [-0.15, -0.1) is 0 Å². The van der Waals surface area contributed by atoms with Gasteiger partial charge in [0.25, 0.3) is 16.3 Å². The third kappa shape index (κ3) is 4.72. The number of thiazole rings is 1. The summed E-state index contributed by atoms with van der Waals surface area (Å²) in [6.07, 6.45) is 1.64. The number of alkyl halides is 2. The second-order valence-electron chi connectivity index (χ2n) is 7.95. The molecule has 0 unspecified atom stereocenters. The lowest BCUT2D eigenvalue weighted by molar-refractivity contribution is -0.0498. The van der Waals surface area contributed by atoms with E-state index in [0.29, 0.717) is 34.2 Å². The standard InChI is InChI=1S/C24H23F2N3O4S/c1-4-32-24-27-21-19(34-24)11-16(15-9-10-20(30)28(13-15)12-14(2)3)22(31)29(21)17-7-5-6-8-18(17)33-23(25)26/h5-11,13-14,23H,4,12H2,1-3H3. The Morgan fingerprint density at radius 2 is 1.88 bits per heavy atom. The van der Waals surface area contributed by atoms with Crippen molar-refractivity contribution < 1.29 is 18.3 Å². The fourth-order valence-electron chi connectivity index (χ4n) is 3.65. The van der Waals surface area contributed by atoms with Crippen molar-refractivity contribution in [1.29, 1.82) is 0 Å². The summed E-state index contributed by atoms with van der Waals surface area (Å²) in [4.78, 5) is 30.5. The highest BCUT2D eigenvalue weighted by Crippen LogP contribution is 2.33. The minimum absolute atomic E-state index is 0.128. The zero-order valence-corrected chi connectivity index (χ0v) is 19.6. The third-order valence-corrected chi connectivity index (χ3v) is 5.89. The number of aromatic nitrogens is 3. The summed E-state index contributed by atoms with van der Waals surface area (Å²) in [5.74, 6) is 0.0643. The molecule has 4 aromatic rings. The lowest BCUT2D eigenvalue weighted by atomic mass is 10.1. The molecule has 4 rings (SSSR count). The van der Waals surface area contributed by atoms with Crippen LogP contribution < -0.4 is 20.6 Å². The van der Waals surface area contributed by atoms with Crippen LogP contribution in [-0.2, 0) is 6.54 Å². The molecule has 0 N–H and O–H groups in total. The molecule has 0 atom stereocenters. The molecule has 34 heavy (non-hydrogen) atoms. The summed E-state index contributed by atoms with van der Waals surface area (Å²) in [5, 5.41) is 0.347. The van der Waals surface area contributed by atoms with Crippen molar-refractivity contribution in [3.05, 3.63) is 69.4 Å². The van der Waals surface area contributed by atoms with E-state index >= 15 is 0 Å². The molecule has 0 aliphatic heterocycles. The van der Waals surface area contributed by atoms with Crippen LogP contribution in [0.1, 0.15) is 20.8 Å². The average Bonchev–Trinajstić information content (AvgIpc) is 3.17. The van der Waals surface area contributed by atoms with Gasteiger partial charge in [0.15, 0.2) is 5.65 Å². The third-order valence-electron chi connectivity index (χ3n) is 4.98. The number of pyridine rings is 2. The van der Waals surface area contributed by atoms with Crippen molar-refractivity contribution in [3.8, 4) is 27.8 Å². The summed E-state index contributed by atoms with van der Waals surface area (Å²) in [6, 6.07) is 10.7. The number of ether oxygens (including phenoxy) is 2. The van der Waals surface area contributed by atoms with E-state index in [1.54, 1.807) is 35.0 Å². The van der Waals surface area contributed by atoms with Crippen LogP contribution >= 0.6 is 11.3 Å². The predicted molar refractivity (Wildman–Crippen MR) is 128 cm³/mol. The second kappa shape index (κ2) is 9.76. The van der Waals surface area contributed by atoms with Crippen LogP contribution in [0.2, 0.25) is 0 Å². The fourth-order valence-corrected chi connectivity index (χ4v) is 4.55. The van der Waals surface area contributed by atoms with Crippen LogP contribution in [0.4, 0.5) is 8.78 Å². The number of benzene rings is 1. The number of hydrogen-bond donors (Lipinski definition) is 0. The second-order valence-corrected chi connectivity index (χ2v) is 8.94. The quantitative estimate of drug-likeness (QED) is 0.352. The topological polar surface area (TPSA) is 75.4 Å². The normalized spacial score (nSPS) is 11.5. The summed E-state index contributed by atoms with van der Waals surface area (Å²) in [7, 11) is 0. The number of hydrogen-bond acceptors (Lipinski definition) is 6. The van der Waals surface area contributed by atoms with E-state index in [1.165, 1.54) is 34.1 Å². The molecule has 0 spiro atoms. The summed E-state index contributed by atoms with van der Waals surface area (Å²) >= 11 is 1.24. The number of rotatable bonds is 8. The molecule has 0 radical (unpaired) electrons. The fraction of sp³-hybridized carbons (Fsp3) is 0.292. The SMILES string of the molecule is CCOc1nc2c(cc(-c3ccc(=O)n(CC(C)C)c3)c(=O)n2-c2ccccc2OC(F)F)s1. The first kappa shape index (κ1) is 23.6. The van der Waals surface area contributed by atoms with Crippen LogP contribution in [0.25, 0.3) is 27.2 Å². The Bertz CT molecular complexity index is 1440. The van der Waals surface area contributed by atoms with Gasteiger partial charge in [-0.25, -0.2) is 0 Å². The minimum atomic E-state index is -3.07. The minimum Gasteiger partial charge on any atom is -0.470 e. The largest absolute Gasteiger partial charge is 0.470 e. The predicted octanol–water partition coefficient (Wildman–Crippen LogP) is 4.93. The van der Waals surface area contributed by atoms with Crippen molar-refractivity contribution in [2.75, 3.05) is 6.61 Å². The lowest BCUT2D eigenvalue weighted by Crippen LogP contribution is -2.24. The maximum absolute atomic E-state index is 13.8. The highest BCUT2D eigenvalue weighted by Gasteiger charge is 2.21. The molecule has 178 valence electrons. The number of nitrogens with zero attached hydrogens (tertiary/aromatic N) is 3. The van der Waals surface area contributed by atoms with E-state index in [9.17, 15) is 18.4 Å². The molecule has 3 aromatic heterocycles. The molecule has 0 saturated heterocycles. The van der Waals surface area contributed by atoms with E-state index in [-0.39, 0.29) is 28.6 Å². The Morgan fingerprint density at radius 1 is 1.12 bits per heavy atom. The Morgan fingerprint density at radius 3 is 2.59 bits per heavy atom. The first-order valence-corrected chi connectivity index (χ1v) is 11.5. The van der Waals surface area contributed by atoms with E-state index in [4.69, 9.17) is 4.74 Å². The van der Waals surface area contributed by atoms with Gasteiger partial charge in [0.1, 0.15) is 5.75 Å². The molecule has 0 amide bonds. The lowest BCUT2D eigenvalue weighted by Gasteiger charge is -2.15. The summed E-state index contributed by atoms with van der Waals surface area (Å²) < 4.78 is 39.8. The van der Waals surface area contributed by atoms with Crippen LogP contribution in [0.5, 0.6) is 10.9 Å². The molecule has 0 aliphatic rings. The van der Waals surface area contributed by atoms with E-state index in [0.717, 1.165) is 0 Å². The van der Waals surface area contributed by atoms with Crippen molar-refractivity contribution in [3.63, 3.8) is 0 Å². The average molecular weight is 488 g/mol. The zero-order valence-electron chi connectivity index (χ0n) is 18.8. The zero-order chi connectivity index (χ0) is 24.4. The highest BCUT2D eigenvalue weighted by atomic mass is 32.1. The molecule has 1 aromatic carbocycles. The smallest absolute Gasteiger partial charge is 0.387 e. The maximum atomic E-state index is 13.8. The Hall–Kier alpha value is -3.53. The summed E-state index contributed by atoms with van der Waals surface area (Å²) in [5.41, 5.74) is 0.557. The van der Waals surface area contributed by atoms with Gasteiger partial charge < -0.3 is 14.0 Å². The molecular formula is C24H23F2N3O4S. The number of para-hydroxylation sites is 2. The van der Waals surface area contributed by atoms with Gasteiger partial charge in [0.2, 0.25) is 0 Å². The van der Waals surface area contributed by atoms with Crippen molar-refractivity contribution >= 4 is 21.7 Å². The molecule has 0 fully saturated rings. The van der Waals surface area contributed by atoms with Gasteiger partial charge in [0, 0.05) is 24.4 Å². The highest BCUT2D eigenvalue weighted by molar-refractivity contribution is 7.20. The number of halogens is 2. The van der Waals surface area contributed by atoms with E-state index < -0.39 is 12.2 Å². The van der Waals surface area contributed by atoms with Crippen LogP contribution in [0, 0.1) is 5.92 Å². The maximum Gasteiger partial charge on any atom is 0.387 e. The van der Waals surface area contributed by atoms with Crippen LogP contribution in [-0.4, -0.2) is 27.3 Å². The van der Waals surface area contributed by atoms with Gasteiger partial charge in [0.05, 0.1) is 22.6 Å². The monoisotopic (exact) mass is 487 g/mol. The molecule has 3 heterocycles.